The molecule has 0 heterocycles. The molecule has 0 radical (unpaired) electrons. The molecule has 0 aliphatic carbocycles. The Kier molecular flexibility index (Phi) is 5.19. The van der Waals surface area contributed by atoms with Crippen LogP contribution in [0, 0.1) is 0 Å². The molecule has 0 fully saturated rings. The van der Waals surface area contributed by atoms with Crippen molar-refractivity contribution in [3.05, 3.63) is 28.8 Å². The molecule has 0 aliphatic rings. The molecule has 5 nitrogen and oxygen atoms in total. The molecule has 0 saturated heterocycles. The summed E-state index contributed by atoms with van der Waals surface area (Å²) in [5.41, 5.74) is 5.51. The lowest BCUT2D eigenvalue weighted by Gasteiger charge is -2.00. The number of hydrogen-bond donors (Lipinski definition) is 3. The van der Waals surface area contributed by atoms with Crippen LogP contribution in [-0.2, 0) is 4.79 Å². The molecule has 1 aromatic carbocycles. The van der Waals surface area contributed by atoms with Crippen molar-refractivity contribution < 1.29 is 19.8 Å². The van der Waals surface area contributed by atoms with E-state index in [1.54, 1.807) is 6.07 Å². The maximum atomic E-state index is 10.5. The standard InChI is InChI=1S/C7H6ClNO2.C2H4O2/c8-4-2-1-3-5(9)6(4)7(10)11;1-2(3)4/h1-3H,9H2,(H,10,11);1H3,(H,3,4). The maximum Gasteiger partial charge on any atom is 0.339 e. The first kappa shape index (κ1) is 13.2. The van der Waals surface area contributed by atoms with E-state index < -0.39 is 11.9 Å². The minimum atomic E-state index is -1.10. The number of carbonyl (C=O) groups is 2. The predicted octanol–water partition coefficient (Wildman–Crippen LogP) is 1.71. The van der Waals surface area contributed by atoms with Gasteiger partial charge in [-0.15, -0.1) is 0 Å². The summed E-state index contributed by atoms with van der Waals surface area (Å²) >= 11 is 5.56. The molecule has 0 saturated carbocycles. The molecule has 0 unspecified atom stereocenters. The number of aliphatic carboxylic acids is 1. The van der Waals surface area contributed by atoms with Crippen LogP contribution < -0.4 is 5.73 Å². The molecule has 82 valence electrons. The molecule has 15 heavy (non-hydrogen) atoms. The highest BCUT2D eigenvalue weighted by molar-refractivity contribution is 6.34. The lowest BCUT2D eigenvalue weighted by molar-refractivity contribution is -0.134. The second kappa shape index (κ2) is 5.87. The van der Waals surface area contributed by atoms with Crippen LogP contribution in [0.2, 0.25) is 5.02 Å². The van der Waals surface area contributed by atoms with Gasteiger partial charge in [0.1, 0.15) is 5.56 Å². The molecule has 1 rings (SSSR count). The molecule has 0 atom stereocenters. The van der Waals surface area contributed by atoms with Gasteiger partial charge >= 0.3 is 5.97 Å². The van der Waals surface area contributed by atoms with Crippen molar-refractivity contribution in [2.24, 2.45) is 0 Å². The molecule has 0 bridgehead atoms. The quantitative estimate of drug-likeness (QED) is 0.639. The summed E-state index contributed by atoms with van der Waals surface area (Å²) in [4.78, 5) is 19.5. The monoisotopic (exact) mass is 231 g/mol. The van der Waals surface area contributed by atoms with E-state index in [2.05, 4.69) is 0 Å². The van der Waals surface area contributed by atoms with Gasteiger partial charge in [0, 0.05) is 12.6 Å². The second-order valence-corrected chi connectivity index (χ2v) is 2.94. The number of rotatable bonds is 1. The third kappa shape index (κ3) is 4.87. The molecule has 1 aromatic rings. The van der Waals surface area contributed by atoms with Crippen molar-refractivity contribution >= 4 is 29.2 Å². The van der Waals surface area contributed by atoms with Crippen LogP contribution >= 0.6 is 11.6 Å². The Labute approximate surface area is 91.1 Å². The first-order valence-corrected chi connectivity index (χ1v) is 4.21. The third-order valence-electron chi connectivity index (χ3n) is 1.26. The van der Waals surface area contributed by atoms with Gasteiger partial charge in [-0.05, 0) is 12.1 Å². The first-order valence-electron chi connectivity index (χ1n) is 3.83. The Hall–Kier alpha value is -1.75. The summed E-state index contributed by atoms with van der Waals surface area (Å²) in [5, 5.41) is 16.2. The van der Waals surface area contributed by atoms with Crippen molar-refractivity contribution in [3.8, 4) is 0 Å². The average Bonchev–Trinajstić information content (AvgIpc) is 2.01. The van der Waals surface area contributed by atoms with Gasteiger partial charge in [0.25, 0.3) is 5.97 Å². The fourth-order valence-electron chi connectivity index (χ4n) is 0.766. The fourth-order valence-corrected chi connectivity index (χ4v) is 1.03. The average molecular weight is 232 g/mol. The Morgan fingerprint density at radius 1 is 1.33 bits per heavy atom. The number of aromatic carboxylic acids is 1. The van der Waals surface area contributed by atoms with Gasteiger partial charge in [-0.25, -0.2) is 4.79 Å². The molecule has 0 aromatic heterocycles. The van der Waals surface area contributed by atoms with E-state index in [0.717, 1.165) is 6.92 Å². The number of nitrogen functional groups attached to an aromatic ring is 1. The zero-order valence-corrected chi connectivity index (χ0v) is 8.65. The zero-order valence-electron chi connectivity index (χ0n) is 7.90. The van der Waals surface area contributed by atoms with Crippen LogP contribution in [0.1, 0.15) is 17.3 Å². The Morgan fingerprint density at radius 2 is 1.80 bits per heavy atom. The lowest BCUT2D eigenvalue weighted by atomic mass is 10.2. The number of halogens is 1. The summed E-state index contributed by atoms with van der Waals surface area (Å²) < 4.78 is 0. The fraction of sp³-hybridized carbons (Fsp3) is 0.111. The Balaban J connectivity index is 0.000000423. The Bertz CT molecular complexity index is 354. The van der Waals surface area contributed by atoms with Crippen molar-refractivity contribution in [2.45, 2.75) is 6.92 Å². The normalized spacial score (nSPS) is 8.67. The minimum Gasteiger partial charge on any atom is -0.481 e. The number of anilines is 1. The van der Waals surface area contributed by atoms with Crippen molar-refractivity contribution in [3.63, 3.8) is 0 Å². The molecular weight excluding hydrogens is 222 g/mol. The van der Waals surface area contributed by atoms with E-state index in [1.165, 1.54) is 12.1 Å². The van der Waals surface area contributed by atoms with Crippen LogP contribution in [0.5, 0.6) is 0 Å². The zero-order chi connectivity index (χ0) is 12.0. The van der Waals surface area contributed by atoms with Gasteiger partial charge in [-0.2, -0.15) is 0 Å². The van der Waals surface area contributed by atoms with Crippen LogP contribution in [0.25, 0.3) is 0 Å². The summed E-state index contributed by atoms with van der Waals surface area (Å²) in [6, 6.07) is 4.58. The van der Waals surface area contributed by atoms with Crippen LogP contribution in [-0.4, -0.2) is 22.2 Å². The number of hydrogen-bond acceptors (Lipinski definition) is 3. The first-order chi connectivity index (χ1) is 6.86. The molecule has 0 aliphatic heterocycles. The number of carboxylic acids is 2. The predicted molar refractivity (Wildman–Crippen MR) is 56.1 cm³/mol. The molecule has 4 N–H and O–H groups in total. The second-order valence-electron chi connectivity index (χ2n) is 2.53. The highest BCUT2D eigenvalue weighted by Gasteiger charge is 2.10. The number of benzene rings is 1. The lowest BCUT2D eigenvalue weighted by Crippen LogP contribution is -2.02. The molecular formula is C9H10ClNO4. The van der Waals surface area contributed by atoms with Crippen LogP contribution in [0.15, 0.2) is 18.2 Å². The largest absolute Gasteiger partial charge is 0.481 e. The van der Waals surface area contributed by atoms with E-state index in [1.807, 2.05) is 0 Å². The van der Waals surface area contributed by atoms with Crippen LogP contribution in [0.3, 0.4) is 0 Å². The van der Waals surface area contributed by atoms with Gasteiger partial charge in [0.05, 0.1) is 5.02 Å². The topological polar surface area (TPSA) is 101 Å². The van der Waals surface area contributed by atoms with Crippen molar-refractivity contribution in [2.75, 3.05) is 5.73 Å². The van der Waals surface area contributed by atoms with E-state index in [9.17, 15) is 4.79 Å². The summed E-state index contributed by atoms with van der Waals surface area (Å²) in [7, 11) is 0. The number of carboxylic acid groups (broad SMARTS) is 2. The summed E-state index contributed by atoms with van der Waals surface area (Å²) in [6.07, 6.45) is 0. The van der Waals surface area contributed by atoms with Crippen LogP contribution in [0.4, 0.5) is 5.69 Å². The molecule has 0 amide bonds. The van der Waals surface area contributed by atoms with Gasteiger partial charge < -0.3 is 15.9 Å². The third-order valence-corrected chi connectivity index (χ3v) is 1.57. The maximum absolute atomic E-state index is 10.5. The highest BCUT2D eigenvalue weighted by Crippen LogP contribution is 2.21. The van der Waals surface area contributed by atoms with Crippen molar-refractivity contribution in [1.29, 1.82) is 0 Å². The van der Waals surface area contributed by atoms with Crippen molar-refractivity contribution in [1.82, 2.24) is 0 Å². The Morgan fingerprint density at radius 3 is 2.07 bits per heavy atom. The van der Waals surface area contributed by atoms with Gasteiger partial charge in [0.2, 0.25) is 0 Å². The minimum absolute atomic E-state index is 0.0332. The number of nitrogens with two attached hydrogens (primary N) is 1. The summed E-state index contributed by atoms with van der Waals surface area (Å²) in [6.45, 7) is 1.08. The van der Waals surface area contributed by atoms with E-state index >= 15 is 0 Å². The van der Waals surface area contributed by atoms with E-state index in [-0.39, 0.29) is 16.3 Å². The summed E-state index contributed by atoms with van der Waals surface area (Å²) in [5.74, 6) is -1.94. The molecule has 6 heteroatoms. The van der Waals surface area contributed by atoms with Gasteiger partial charge in [-0.1, -0.05) is 17.7 Å². The van der Waals surface area contributed by atoms with Gasteiger partial charge in [0.15, 0.2) is 0 Å². The SMILES string of the molecule is CC(=O)O.Nc1cccc(Cl)c1C(=O)O. The smallest absolute Gasteiger partial charge is 0.339 e. The van der Waals surface area contributed by atoms with E-state index in [0.29, 0.717) is 0 Å². The molecule has 0 spiro atoms. The van der Waals surface area contributed by atoms with E-state index in [4.69, 9.17) is 32.3 Å². The highest BCUT2D eigenvalue weighted by atomic mass is 35.5. The van der Waals surface area contributed by atoms with Gasteiger partial charge in [-0.3, -0.25) is 4.79 Å².